The van der Waals surface area contributed by atoms with Gasteiger partial charge in [0.15, 0.2) is 4.05 Å². The Morgan fingerprint density at radius 1 is 0.774 bits per heavy atom. The summed E-state index contributed by atoms with van der Waals surface area (Å²) in [5, 5.41) is 5.17. The number of carbonyl (C=O) groups excluding carboxylic acids is 4. The monoisotopic (exact) mass is 832 g/mol. The molecule has 276 valence electrons. The number of likely N-dealkylation sites (tertiary alicyclic amines) is 2. The SMILES string of the molecule is CC[C@H](NC(=O)OC)C(=O)N1CCC[C@H]1c1ncc(-c2ccc(C#Cc3ccc(-c4cnc([C@@H]5CCCN5C(=O)[C@H](I)NC(=O)OC)[nH]4)cc3)cc2)[nH]1. The zero-order valence-electron chi connectivity index (χ0n) is 29.6. The lowest BCUT2D eigenvalue weighted by Gasteiger charge is -2.27. The molecule has 0 aliphatic carbocycles. The van der Waals surface area contributed by atoms with E-state index >= 15 is 0 Å². The highest BCUT2D eigenvalue weighted by Gasteiger charge is 2.37. The van der Waals surface area contributed by atoms with Crippen LogP contribution in [0.25, 0.3) is 22.5 Å². The van der Waals surface area contributed by atoms with Gasteiger partial charge in [-0.1, -0.05) is 43.0 Å². The first-order valence-electron chi connectivity index (χ1n) is 17.5. The van der Waals surface area contributed by atoms with Crippen molar-refractivity contribution < 1.29 is 28.7 Å². The summed E-state index contributed by atoms with van der Waals surface area (Å²) in [6.07, 6.45) is 5.98. The minimum atomic E-state index is -0.737. The average Bonchev–Trinajstić information content (AvgIpc) is 4.02. The molecule has 4 amide bonds. The standard InChI is InChI=1S/C38H41IN8O6/c1-4-27(44-37(50)52-2)35(48)46-19-5-7-30(46)33-40-21-28(42-33)25-15-11-23(12-16-25)9-10-24-13-17-26(18-14-24)29-22-41-34(43-29)31-8-6-20-47(31)36(49)32(39)45-38(51)53-3/h11-18,21-22,27,30-32H,4-8,19-20H2,1-3H3,(H,40,42)(H,41,43)(H,44,50)(H,45,51)/t27-,30-,31-,32+/m0/s1. The molecule has 2 aliphatic rings. The molecule has 0 unspecified atom stereocenters. The first-order valence-corrected chi connectivity index (χ1v) is 18.7. The third-order valence-electron chi connectivity index (χ3n) is 9.47. The number of nitrogens with one attached hydrogen (secondary N) is 4. The summed E-state index contributed by atoms with van der Waals surface area (Å²) in [6.45, 7) is 3.04. The van der Waals surface area contributed by atoms with Crippen LogP contribution in [0.4, 0.5) is 9.59 Å². The molecule has 4 atom stereocenters. The Morgan fingerprint density at radius 2 is 1.23 bits per heavy atom. The molecule has 2 saturated heterocycles. The number of ether oxygens (including phenoxy) is 2. The molecule has 4 N–H and O–H groups in total. The van der Waals surface area contributed by atoms with Gasteiger partial charge in [-0.2, -0.15) is 0 Å². The van der Waals surface area contributed by atoms with Gasteiger partial charge in [-0.05, 0) is 90.1 Å². The third kappa shape index (κ3) is 8.65. The van der Waals surface area contributed by atoms with Crippen LogP contribution in [0.2, 0.25) is 0 Å². The van der Waals surface area contributed by atoms with E-state index in [2.05, 4.69) is 47.1 Å². The average molecular weight is 833 g/mol. The zero-order valence-corrected chi connectivity index (χ0v) is 31.8. The van der Waals surface area contributed by atoms with Gasteiger partial charge < -0.3 is 39.9 Å². The number of halogens is 1. The Hall–Kier alpha value is -5.37. The van der Waals surface area contributed by atoms with E-state index in [9.17, 15) is 19.2 Å². The molecule has 2 fully saturated rings. The second-order valence-corrected chi connectivity index (χ2v) is 14.0. The number of methoxy groups -OCH3 is 2. The topological polar surface area (TPSA) is 175 Å². The Bertz CT molecular complexity index is 2000. The van der Waals surface area contributed by atoms with Gasteiger partial charge in [-0.15, -0.1) is 0 Å². The summed E-state index contributed by atoms with van der Waals surface area (Å²) in [6, 6.07) is 14.7. The third-order valence-corrected chi connectivity index (χ3v) is 10.3. The van der Waals surface area contributed by atoms with E-state index in [0.29, 0.717) is 31.2 Å². The summed E-state index contributed by atoms with van der Waals surface area (Å²) in [7, 11) is 2.54. The number of nitrogens with zero attached hydrogens (tertiary/aromatic N) is 4. The number of hydrogen-bond acceptors (Lipinski definition) is 8. The van der Waals surface area contributed by atoms with Crippen molar-refractivity contribution in [2.24, 2.45) is 0 Å². The Balaban J connectivity index is 1.06. The van der Waals surface area contributed by atoms with Crippen molar-refractivity contribution in [3.63, 3.8) is 0 Å². The summed E-state index contributed by atoms with van der Waals surface area (Å²) in [4.78, 5) is 69.2. The lowest BCUT2D eigenvalue weighted by atomic mass is 10.1. The maximum absolute atomic E-state index is 13.3. The molecule has 2 aromatic heterocycles. The predicted molar refractivity (Wildman–Crippen MR) is 204 cm³/mol. The van der Waals surface area contributed by atoms with Crippen molar-refractivity contribution in [2.45, 2.75) is 61.2 Å². The Morgan fingerprint density at radius 3 is 1.68 bits per heavy atom. The molecule has 15 heteroatoms. The van der Waals surface area contributed by atoms with Crippen LogP contribution in [0.5, 0.6) is 0 Å². The minimum Gasteiger partial charge on any atom is -0.453 e. The van der Waals surface area contributed by atoms with Gasteiger partial charge in [0.2, 0.25) is 5.91 Å². The van der Waals surface area contributed by atoms with E-state index in [1.54, 1.807) is 22.2 Å². The summed E-state index contributed by atoms with van der Waals surface area (Å²) in [5.41, 5.74) is 5.29. The molecule has 4 aromatic rings. The van der Waals surface area contributed by atoms with Gasteiger partial charge in [0.25, 0.3) is 5.91 Å². The molecule has 0 spiro atoms. The quantitative estimate of drug-likeness (QED) is 0.0747. The van der Waals surface area contributed by atoms with Crippen LogP contribution in [-0.2, 0) is 19.1 Å². The fraction of sp³-hybridized carbons (Fsp3) is 0.368. The second kappa shape index (κ2) is 17.0. The minimum absolute atomic E-state index is 0.144. The molecule has 53 heavy (non-hydrogen) atoms. The van der Waals surface area contributed by atoms with E-state index in [1.807, 2.05) is 78.0 Å². The molecule has 2 aliphatic heterocycles. The van der Waals surface area contributed by atoms with E-state index in [0.717, 1.165) is 59.3 Å². The summed E-state index contributed by atoms with van der Waals surface area (Å²) in [5.74, 6) is 7.55. The number of aromatic nitrogens is 4. The first kappa shape index (κ1) is 37.4. The second-order valence-electron chi connectivity index (χ2n) is 12.7. The highest BCUT2D eigenvalue weighted by atomic mass is 127. The maximum atomic E-state index is 13.3. The fourth-order valence-electron chi connectivity index (χ4n) is 6.65. The lowest BCUT2D eigenvalue weighted by Crippen LogP contribution is -2.48. The number of H-pyrrole nitrogens is 2. The summed E-state index contributed by atoms with van der Waals surface area (Å²) >= 11 is 1.90. The fourth-order valence-corrected chi connectivity index (χ4v) is 7.27. The van der Waals surface area contributed by atoms with E-state index in [4.69, 9.17) is 4.74 Å². The number of benzene rings is 2. The number of rotatable bonds is 9. The van der Waals surface area contributed by atoms with Crippen molar-refractivity contribution in [3.05, 3.63) is 83.7 Å². The molecular formula is C38H41IN8O6. The molecule has 0 bridgehead atoms. The van der Waals surface area contributed by atoms with E-state index < -0.39 is 22.3 Å². The van der Waals surface area contributed by atoms with Crippen molar-refractivity contribution in [1.29, 1.82) is 0 Å². The predicted octanol–water partition coefficient (Wildman–Crippen LogP) is 5.45. The molecule has 4 heterocycles. The largest absolute Gasteiger partial charge is 0.453 e. The lowest BCUT2D eigenvalue weighted by molar-refractivity contribution is -0.134. The molecule has 0 radical (unpaired) electrons. The smallest absolute Gasteiger partial charge is 0.408 e. The maximum Gasteiger partial charge on any atom is 0.408 e. The number of carbonyl (C=O) groups is 4. The van der Waals surface area contributed by atoms with Gasteiger partial charge in [0.1, 0.15) is 17.7 Å². The number of amides is 4. The number of hydrogen-bond donors (Lipinski definition) is 4. The molecule has 14 nitrogen and oxygen atoms in total. The van der Waals surface area contributed by atoms with Crippen molar-refractivity contribution in [3.8, 4) is 34.4 Å². The van der Waals surface area contributed by atoms with Crippen LogP contribution in [0.3, 0.4) is 0 Å². The summed E-state index contributed by atoms with van der Waals surface area (Å²) < 4.78 is 8.58. The number of alkyl halides is 1. The van der Waals surface area contributed by atoms with E-state index in [-0.39, 0.29) is 23.9 Å². The Kier molecular flexibility index (Phi) is 12.0. The van der Waals surface area contributed by atoms with Crippen molar-refractivity contribution in [2.75, 3.05) is 27.3 Å². The van der Waals surface area contributed by atoms with Gasteiger partial charge >= 0.3 is 12.2 Å². The van der Waals surface area contributed by atoms with Gasteiger partial charge in [0, 0.05) is 24.2 Å². The zero-order chi connectivity index (χ0) is 37.5. The van der Waals surface area contributed by atoms with Crippen molar-refractivity contribution in [1.82, 2.24) is 40.4 Å². The highest BCUT2D eigenvalue weighted by molar-refractivity contribution is 14.1. The van der Waals surface area contributed by atoms with Crippen LogP contribution in [-0.4, -0.2) is 91.1 Å². The molecule has 0 saturated carbocycles. The molecule has 2 aromatic carbocycles. The normalized spacial score (nSPS) is 17.7. The van der Waals surface area contributed by atoms with Gasteiger partial charge in [0.05, 0.1) is 50.1 Å². The van der Waals surface area contributed by atoms with Crippen molar-refractivity contribution >= 4 is 46.6 Å². The number of imidazole rings is 2. The van der Waals surface area contributed by atoms with Crippen LogP contribution < -0.4 is 10.6 Å². The van der Waals surface area contributed by atoms with Crippen LogP contribution in [0.15, 0.2) is 60.9 Å². The molecular weight excluding hydrogens is 791 g/mol. The highest BCUT2D eigenvalue weighted by Crippen LogP contribution is 2.34. The van der Waals surface area contributed by atoms with Crippen LogP contribution in [0, 0.1) is 11.8 Å². The first-order chi connectivity index (χ1) is 25.7. The van der Waals surface area contributed by atoms with Crippen LogP contribution in [0.1, 0.15) is 73.9 Å². The van der Waals surface area contributed by atoms with Gasteiger partial charge in [-0.3, -0.25) is 9.59 Å². The van der Waals surface area contributed by atoms with Crippen LogP contribution >= 0.6 is 22.6 Å². The Labute approximate surface area is 321 Å². The van der Waals surface area contributed by atoms with Gasteiger partial charge in [-0.25, -0.2) is 19.6 Å². The van der Waals surface area contributed by atoms with E-state index in [1.165, 1.54) is 14.2 Å². The number of alkyl carbamates (subject to hydrolysis) is 2. The molecule has 6 rings (SSSR count). The number of aromatic amines is 2.